The van der Waals surface area contributed by atoms with Crippen molar-refractivity contribution in [1.29, 1.82) is 0 Å². The summed E-state index contributed by atoms with van der Waals surface area (Å²) in [5.41, 5.74) is 1.43. The van der Waals surface area contributed by atoms with E-state index >= 15 is 0 Å². The molecule has 1 aromatic carbocycles. The molecule has 0 aliphatic heterocycles. The van der Waals surface area contributed by atoms with Gasteiger partial charge in [0.1, 0.15) is 12.7 Å². The molecule has 8 heteroatoms. The third kappa shape index (κ3) is 5.74. The van der Waals surface area contributed by atoms with Crippen LogP contribution in [-0.4, -0.2) is 34.6 Å². The molecular weight excluding hydrogens is 311 g/mol. The molecule has 0 bridgehead atoms. The van der Waals surface area contributed by atoms with Gasteiger partial charge in [0.25, 0.3) is 5.91 Å². The molecule has 0 spiro atoms. The predicted molar refractivity (Wildman–Crippen MR) is 77.9 cm³/mol. The van der Waals surface area contributed by atoms with Gasteiger partial charge in [-0.2, -0.15) is 18.3 Å². The zero-order valence-corrected chi connectivity index (χ0v) is 12.4. The number of rotatable bonds is 6. The Bertz CT molecular complexity index is 641. The standard InChI is InChI=1S/C15H16F3N3O2/c1-11(23-10-15(16,17)18)14(22)20-13-7-19-21(9-13)8-12-5-3-2-4-6-12/h2-7,9,11H,8,10H2,1H3,(H,20,22)/t11-/m0/s1. The molecule has 1 aromatic heterocycles. The lowest BCUT2D eigenvalue weighted by molar-refractivity contribution is -0.184. The number of carbonyl (C=O) groups is 1. The Morgan fingerprint density at radius 1 is 1.35 bits per heavy atom. The van der Waals surface area contributed by atoms with Crippen molar-refractivity contribution in [2.24, 2.45) is 0 Å². The highest BCUT2D eigenvalue weighted by Crippen LogP contribution is 2.16. The fourth-order valence-corrected chi connectivity index (χ4v) is 1.82. The Balaban J connectivity index is 1.87. The van der Waals surface area contributed by atoms with Gasteiger partial charge in [-0.15, -0.1) is 0 Å². The number of aromatic nitrogens is 2. The molecule has 0 saturated heterocycles. The molecule has 2 rings (SSSR count). The molecule has 1 N–H and O–H groups in total. The lowest BCUT2D eigenvalue weighted by Crippen LogP contribution is -2.31. The first kappa shape index (κ1) is 17.0. The van der Waals surface area contributed by atoms with Crippen LogP contribution in [0.3, 0.4) is 0 Å². The normalized spacial score (nSPS) is 12.9. The lowest BCUT2D eigenvalue weighted by atomic mass is 10.2. The Morgan fingerprint density at radius 3 is 2.70 bits per heavy atom. The summed E-state index contributed by atoms with van der Waals surface area (Å²) < 4.78 is 42.2. The van der Waals surface area contributed by atoms with Gasteiger partial charge in [-0.05, 0) is 12.5 Å². The van der Waals surface area contributed by atoms with E-state index in [2.05, 4.69) is 15.2 Å². The van der Waals surface area contributed by atoms with Crippen molar-refractivity contribution >= 4 is 11.6 Å². The number of carbonyl (C=O) groups excluding carboxylic acids is 1. The van der Waals surface area contributed by atoms with Crippen LogP contribution in [0, 0.1) is 0 Å². The summed E-state index contributed by atoms with van der Waals surface area (Å²) in [4.78, 5) is 11.8. The van der Waals surface area contributed by atoms with Gasteiger partial charge >= 0.3 is 6.18 Å². The van der Waals surface area contributed by atoms with Crippen LogP contribution in [0.1, 0.15) is 12.5 Å². The molecule has 0 saturated carbocycles. The molecule has 1 amide bonds. The Morgan fingerprint density at radius 2 is 2.04 bits per heavy atom. The quantitative estimate of drug-likeness (QED) is 0.888. The second kappa shape index (κ2) is 7.28. The first-order valence-corrected chi connectivity index (χ1v) is 6.89. The Labute approximate surface area is 131 Å². The van der Waals surface area contributed by atoms with Gasteiger partial charge in [-0.25, -0.2) is 0 Å². The van der Waals surface area contributed by atoms with E-state index < -0.39 is 24.8 Å². The molecule has 0 unspecified atom stereocenters. The van der Waals surface area contributed by atoms with Crippen molar-refractivity contribution in [2.75, 3.05) is 11.9 Å². The topological polar surface area (TPSA) is 56.1 Å². The van der Waals surface area contributed by atoms with Crippen LogP contribution in [0.5, 0.6) is 0 Å². The average molecular weight is 327 g/mol. The molecule has 124 valence electrons. The third-order valence-electron chi connectivity index (χ3n) is 2.95. The maximum absolute atomic E-state index is 12.0. The number of halogens is 3. The number of hydrogen-bond donors (Lipinski definition) is 1. The third-order valence-corrected chi connectivity index (χ3v) is 2.95. The number of hydrogen-bond acceptors (Lipinski definition) is 3. The Kier molecular flexibility index (Phi) is 5.38. The zero-order chi connectivity index (χ0) is 16.9. The summed E-state index contributed by atoms with van der Waals surface area (Å²) in [6.45, 7) is 0.321. The fourth-order valence-electron chi connectivity index (χ4n) is 1.82. The van der Waals surface area contributed by atoms with Crippen LogP contribution in [0.2, 0.25) is 0 Å². The molecule has 5 nitrogen and oxygen atoms in total. The number of amides is 1. The molecule has 2 aromatic rings. The molecule has 0 aliphatic rings. The summed E-state index contributed by atoms with van der Waals surface area (Å²) >= 11 is 0. The minimum Gasteiger partial charge on any atom is -0.359 e. The maximum Gasteiger partial charge on any atom is 0.411 e. The minimum absolute atomic E-state index is 0.397. The summed E-state index contributed by atoms with van der Waals surface area (Å²) in [5, 5.41) is 6.56. The zero-order valence-electron chi connectivity index (χ0n) is 12.4. The maximum atomic E-state index is 12.0. The van der Waals surface area contributed by atoms with Crippen LogP contribution in [0.15, 0.2) is 42.7 Å². The van der Waals surface area contributed by atoms with E-state index in [-0.39, 0.29) is 0 Å². The van der Waals surface area contributed by atoms with Crippen molar-refractivity contribution in [3.05, 3.63) is 48.3 Å². The number of ether oxygens (including phenoxy) is 1. The molecule has 0 fully saturated rings. The van der Waals surface area contributed by atoms with E-state index in [0.29, 0.717) is 12.2 Å². The molecule has 0 aliphatic carbocycles. The lowest BCUT2D eigenvalue weighted by Gasteiger charge is -2.13. The minimum atomic E-state index is -4.46. The summed E-state index contributed by atoms with van der Waals surface area (Å²) in [5.74, 6) is -0.659. The number of nitrogens with one attached hydrogen (secondary N) is 1. The first-order valence-electron chi connectivity index (χ1n) is 6.89. The first-order chi connectivity index (χ1) is 10.8. The fraction of sp³-hybridized carbons (Fsp3) is 0.333. The van der Waals surface area contributed by atoms with Crippen LogP contribution in [-0.2, 0) is 16.1 Å². The van der Waals surface area contributed by atoms with Gasteiger partial charge in [-0.1, -0.05) is 30.3 Å². The van der Waals surface area contributed by atoms with Crippen LogP contribution in [0.4, 0.5) is 18.9 Å². The Hall–Kier alpha value is -2.35. The number of anilines is 1. The van der Waals surface area contributed by atoms with Crippen LogP contribution in [0.25, 0.3) is 0 Å². The summed E-state index contributed by atoms with van der Waals surface area (Å²) in [7, 11) is 0. The number of benzene rings is 1. The van der Waals surface area contributed by atoms with Gasteiger partial charge in [0, 0.05) is 6.20 Å². The average Bonchev–Trinajstić information content (AvgIpc) is 2.92. The van der Waals surface area contributed by atoms with Crippen molar-refractivity contribution in [3.63, 3.8) is 0 Å². The van der Waals surface area contributed by atoms with E-state index in [1.165, 1.54) is 13.1 Å². The molecular formula is C15H16F3N3O2. The van der Waals surface area contributed by atoms with E-state index in [9.17, 15) is 18.0 Å². The largest absolute Gasteiger partial charge is 0.411 e. The SMILES string of the molecule is C[C@H](OCC(F)(F)F)C(=O)Nc1cnn(Cc2ccccc2)c1. The smallest absolute Gasteiger partial charge is 0.359 e. The van der Waals surface area contributed by atoms with E-state index in [1.54, 1.807) is 10.9 Å². The second-order valence-corrected chi connectivity index (χ2v) is 4.97. The van der Waals surface area contributed by atoms with E-state index in [0.717, 1.165) is 5.56 Å². The van der Waals surface area contributed by atoms with Gasteiger partial charge in [0.2, 0.25) is 0 Å². The highest BCUT2D eigenvalue weighted by Gasteiger charge is 2.30. The van der Waals surface area contributed by atoms with Gasteiger partial charge in [0.15, 0.2) is 0 Å². The van der Waals surface area contributed by atoms with E-state index in [4.69, 9.17) is 0 Å². The highest BCUT2D eigenvalue weighted by molar-refractivity contribution is 5.93. The van der Waals surface area contributed by atoms with E-state index in [1.807, 2.05) is 30.3 Å². The van der Waals surface area contributed by atoms with Crippen molar-refractivity contribution in [1.82, 2.24) is 9.78 Å². The summed E-state index contributed by atoms with van der Waals surface area (Å²) in [6.07, 6.45) is -2.65. The van der Waals surface area contributed by atoms with Gasteiger partial charge in [0.05, 0.1) is 18.4 Å². The van der Waals surface area contributed by atoms with Crippen molar-refractivity contribution in [2.45, 2.75) is 25.7 Å². The number of alkyl halides is 3. The van der Waals surface area contributed by atoms with Gasteiger partial charge in [-0.3, -0.25) is 9.48 Å². The molecule has 1 heterocycles. The monoisotopic (exact) mass is 327 g/mol. The molecule has 23 heavy (non-hydrogen) atoms. The van der Waals surface area contributed by atoms with Gasteiger partial charge < -0.3 is 10.1 Å². The highest BCUT2D eigenvalue weighted by atomic mass is 19.4. The number of nitrogens with zero attached hydrogens (tertiary/aromatic N) is 2. The molecule has 0 radical (unpaired) electrons. The second-order valence-electron chi connectivity index (χ2n) is 4.97. The van der Waals surface area contributed by atoms with Crippen LogP contribution >= 0.6 is 0 Å². The van der Waals surface area contributed by atoms with Crippen LogP contribution < -0.4 is 5.32 Å². The van der Waals surface area contributed by atoms with Crippen molar-refractivity contribution in [3.8, 4) is 0 Å². The summed E-state index contributed by atoms with van der Waals surface area (Å²) in [6, 6.07) is 9.59. The molecule has 1 atom stereocenters. The predicted octanol–water partition coefficient (Wildman–Crippen LogP) is 2.84. The van der Waals surface area contributed by atoms with Crippen molar-refractivity contribution < 1.29 is 22.7 Å².